The van der Waals surface area contributed by atoms with Crippen LogP contribution in [0.15, 0.2) is 28.8 Å². The molecule has 1 aromatic heterocycles. The molecule has 0 aliphatic heterocycles. The molecule has 2 rings (SSSR count). The molecule has 20 heavy (non-hydrogen) atoms. The van der Waals surface area contributed by atoms with Gasteiger partial charge in [0, 0.05) is 5.56 Å². The van der Waals surface area contributed by atoms with Crippen molar-refractivity contribution in [2.24, 2.45) is 0 Å². The van der Waals surface area contributed by atoms with E-state index in [1.54, 1.807) is 24.3 Å². The summed E-state index contributed by atoms with van der Waals surface area (Å²) in [7, 11) is 1.50. The Kier molecular flexibility index (Phi) is 3.73. The monoisotopic (exact) mass is 286 g/mol. The van der Waals surface area contributed by atoms with Gasteiger partial charge in [-0.3, -0.25) is 4.79 Å². The van der Waals surface area contributed by atoms with Crippen LogP contribution in [-0.2, 0) is 11.2 Å². The van der Waals surface area contributed by atoms with Crippen molar-refractivity contribution in [2.45, 2.75) is 12.6 Å². The van der Waals surface area contributed by atoms with Gasteiger partial charge < -0.3 is 9.26 Å². The number of Topliss-reactive ketones (excluding diaryl/α,β-unsaturated/α-hetero) is 1. The average molecular weight is 286 g/mol. The fourth-order valence-electron chi connectivity index (χ4n) is 1.42. The van der Waals surface area contributed by atoms with Gasteiger partial charge in [-0.15, -0.1) is 0 Å². The Labute approximate surface area is 111 Å². The van der Waals surface area contributed by atoms with Crippen LogP contribution in [0.1, 0.15) is 5.89 Å². The molecule has 1 heterocycles. The number of ether oxygens (including phenoxy) is 1. The van der Waals surface area contributed by atoms with E-state index in [1.807, 2.05) is 0 Å². The van der Waals surface area contributed by atoms with Crippen LogP contribution >= 0.6 is 0 Å². The van der Waals surface area contributed by atoms with E-state index >= 15 is 0 Å². The number of alkyl halides is 3. The van der Waals surface area contributed by atoms with Crippen LogP contribution in [0.4, 0.5) is 13.2 Å². The topological polar surface area (TPSA) is 65.2 Å². The van der Waals surface area contributed by atoms with Crippen LogP contribution in [0, 0.1) is 0 Å². The minimum Gasteiger partial charge on any atom is -0.497 e. The van der Waals surface area contributed by atoms with Crippen molar-refractivity contribution in [2.75, 3.05) is 7.11 Å². The molecule has 106 valence electrons. The summed E-state index contributed by atoms with van der Waals surface area (Å²) in [5.41, 5.74) is 0.542. The van der Waals surface area contributed by atoms with Gasteiger partial charge in [-0.2, -0.15) is 18.2 Å². The second-order valence-electron chi connectivity index (χ2n) is 3.84. The zero-order valence-electron chi connectivity index (χ0n) is 10.3. The summed E-state index contributed by atoms with van der Waals surface area (Å²) in [6.07, 6.45) is -5.87. The van der Waals surface area contributed by atoms with Crippen molar-refractivity contribution >= 4 is 5.78 Å². The van der Waals surface area contributed by atoms with Crippen molar-refractivity contribution in [3.63, 3.8) is 0 Å². The van der Waals surface area contributed by atoms with E-state index in [0.717, 1.165) is 0 Å². The van der Waals surface area contributed by atoms with Crippen LogP contribution in [0.25, 0.3) is 11.4 Å². The zero-order chi connectivity index (χ0) is 14.8. The SMILES string of the molecule is COc1ccc(-c2noc(CC(=O)C(F)(F)F)n2)cc1. The molecule has 2 aromatic rings. The molecule has 8 heteroatoms. The average Bonchev–Trinajstić information content (AvgIpc) is 2.86. The highest BCUT2D eigenvalue weighted by atomic mass is 19.4. The van der Waals surface area contributed by atoms with E-state index in [1.165, 1.54) is 7.11 Å². The summed E-state index contributed by atoms with van der Waals surface area (Å²) in [6, 6.07) is 6.54. The van der Waals surface area contributed by atoms with Gasteiger partial charge in [-0.05, 0) is 24.3 Å². The number of hydrogen-bond acceptors (Lipinski definition) is 5. The molecule has 0 amide bonds. The van der Waals surface area contributed by atoms with Crippen molar-refractivity contribution in [3.8, 4) is 17.1 Å². The Bertz CT molecular complexity index is 605. The van der Waals surface area contributed by atoms with Gasteiger partial charge in [0.15, 0.2) is 0 Å². The van der Waals surface area contributed by atoms with E-state index in [2.05, 4.69) is 14.7 Å². The first-order valence-electron chi connectivity index (χ1n) is 5.47. The normalized spacial score (nSPS) is 11.4. The third-order valence-corrected chi connectivity index (χ3v) is 2.44. The van der Waals surface area contributed by atoms with E-state index in [0.29, 0.717) is 11.3 Å². The smallest absolute Gasteiger partial charge is 0.450 e. The predicted octanol–water partition coefficient (Wildman–Crippen LogP) is 2.42. The predicted molar refractivity (Wildman–Crippen MR) is 61.1 cm³/mol. The van der Waals surface area contributed by atoms with Gasteiger partial charge in [-0.1, -0.05) is 5.16 Å². The number of hydrogen-bond donors (Lipinski definition) is 0. The summed E-state index contributed by atoms with van der Waals surface area (Å²) in [6.45, 7) is 0. The van der Waals surface area contributed by atoms with Crippen LogP contribution in [0.3, 0.4) is 0 Å². The fourth-order valence-corrected chi connectivity index (χ4v) is 1.42. The Morgan fingerprint density at radius 3 is 2.50 bits per heavy atom. The lowest BCUT2D eigenvalue weighted by Crippen LogP contribution is -2.24. The van der Waals surface area contributed by atoms with E-state index in [-0.39, 0.29) is 11.7 Å². The van der Waals surface area contributed by atoms with E-state index in [4.69, 9.17) is 4.74 Å². The van der Waals surface area contributed by atoms with Gasteiger partial charge in [0.1, 0.15) is 5.75 Å². The summed E-state index contributed by atoms with van der Waals surface area (Å²) in [5, 5.41) is 3.53. The Hall–Kier alpha value is -2.38. The van der Waals surface area contributed by atoms with Crippen molar-refractivity contribution in [3.05, 3.63) is 30.2 Å². The molecule has 0 radical (unpaired) electrons. The third-order valence-electron chi connectivity index (χ3n) is 2.44. The van der Waals surface area contributed by atoms with Crippen LogP contribution in [-0.4, -0.2) is 29.2 Å². The number of carbonyl (C=O) groups is 1. The molecular formula is C12H9F3N2O3. The van der Waals surface area contributed by atoms with Crippen molar-refractivity contribution < 1.29 is 27.2 Å². The number of carbonyl (C=O) groups excluding carboxylic acids is 1. The number of methoxy groups -OCH3 is 1. The molecule has 0 fully saturated rings. The number of nitrogens with zero attached hydrogens (tertiary/aromatic N) is 2. The second-order valence-corrected chi connectivity index (χ2v) is 3.84. The molecule has 0 aliphatic rings. The molecule has 0 N–H and O–H groups in total. The lowest BCUT2D eigenvalue weighted by Gasteiger charge is -2.01. The van der Waals surface area contributed by atoms with Gasteiger partial charge in [0.05, 0.1) is 13.5 Å². The summed E-state index contributed by atoms with van der Waals surface area (Å²) in [5.74, 6) is -1.58. The number of benzene rings is 1. The number of aromatic nitrogens is 2. The Balaban J connectivity index is 2.14. The van der Waals surface area contributed by atoms with Crippen molar-refractivity contribution in [1.82, 2.24) is 10.1 Å². The summed E-state index contributed by atoms with van der Waals surface area (Å²) < 4.78 is 45.9. The molecular weight excluding hydrogens is 277 g/mol. The first kappa shape index (κ1) is 14.0. The number of ketones is 1. The zero-order valence-corrected chi connectivity index (χ0v) is 10.3. The van der Waals surface area contributed by atoms with Crippen LogP contribution in [0.2, 0.25) is 0 Å². The van der Waals surface area contributed by atoms with Gasteiger partial charge in [0.2, 0.25) is 17.5 Å². The van der Waals surface area contributed by atoms with E-state index in [9.17, 15) is 18.0 Å². The first-order valence-corrected chi connectivity index (χ1v) is 5.47. The lowest BCUT2D eigenvalue weighted by molar-refractivity contribution is -0.170. The maximum Gasteiger partial charge on any atom is 0.450 e. The minimum atomic E-state index is -4.91. The Morgan fingerprint density at radius 2 is 1.95 bits per heavy atom. The molecule has 1 aromatic carbocycles. The largest absolute Gasteiger partial charge is 0.497 e. The standard InChI is InChI=1S/C12H9F3N2O3/c1-19-8-4-2-7(3-5-8)11-16-10(20-17-11)6-9(18)12(13,14)15/h2-5H,6H2,1H3. The van der Waals surface area contributed by atoms with Crippen LogP contribution in [0.5, 0.6) is 5.75 Å². The number of halogens is 3. The summed E-state index contributed by atoms with van der Waals surface area (Å²) >= 11 is 0. The van der Waals surface area contributed by atoms with Crippen molar-refractivity contribution in [1.29, 1.82) is 0 Å². The third kappa shape index (κ3) is 3.14. The van der Waals surface area contributed by atoms with Crippen LogP contribution < -0.4 is 4.74 Å². The molecule has 0 bridgehead atoms. The molecule has 0 atom stereocenters. The summed E-state index contributed by atoms with van der Waals surface area (Å²) in [4.78, 5) is 14.5. The molecule has 0 aliphatic carbocycles. The van der Waals surface area contributed by atoms with Gasteiger partial charge in [0.25, 0.3) is 0 Å². The maximum absolute atomic E-state index is 12.1. The highest BCUT2D eigenvalue weighted by Crippen LogP contribution is 2.21. The highest BCUT2D eigenvalue weighted by molar-refractivity contribution is 5.85. The molecule has 0 saturated heterocycles. The fraction of sp³-hybridized carbons (Fsp3) is 0.250. The number of rotatable bonds is 4. The molecule has 0 saturated carbocycles. The molecule has 0 unspecified atom stereocenters. The van der Waals surface area contributed by atoms with Gasteiger partial charge in [-0.25, -0.2) is 0 Å². The second kappa shape index (κ2) is 5.32. The maximum atomic E-state index is 12.1. The molecule has 5 nitrogen and oxygen atoms in total. The Morgan fingerprint density at radius 1 is 1.30 bits per heavy atom. The van der Waals surface area contributed by atoms with E-state index < -0.39 is 18.4 Å². The quantitative estimate of drug-likeness (QED) is 0.863. The first-order chi connectivity index (χ1) is 9.40. The van der Waals surface area contributed by atoms with Gasteiger partial charge >= 0.3 is 6.18 Å². The minimum absolute atomic E-state index is 0.109. The molecule has 0 spiro atoms. The highest BCUT2D eigenvalue weighted by Gasteiger charge is 2.39. The lowest BCUT2D eigenvalue weighted by atomic mass is 10.2.